The molecule has 0 aliphatic heterocycles. The molecule has 2 N–H and O–H groups in total. The third-order valence-electron chi connectivity index (χ3n) is 3.28. The fraction of sp³-hybridized carbons (Fsp3) is 0.467. The van der Waals surface area contributed by atoms with Gasteiger partial charge in [0, 0.05) is 18.6 Å². The number of benzene rings is 1. The third-order valence-corrected chi connectivity index (χ3v) is 3.28. The van der Waals surface area contributed by atoms with E-state index in [9.17, 15) is 0 Å². The Bertz CT molecular complexity index is 403. The summed E-state index contributed by atoms with van der Waals surface area (Å²) >= 11 is 0. The normalized spacial score (nSPS) is 23.0. The van der Waals surface area contributed by atoms with E-state index < -0.39 is 0 Å². The monoisotopic (exact) mass is 247 g/mol. The Labute approximate surface area is 109 Å². The summed E-state index contributed by atoms with van der Waals surface area (Å²) in [5.74, 6) is 1.24. The van der Waals surface area contributed by atoms with Crippen LogP contribution in [-0.2, 0) is 4.74 Å². The number of nitrogens with two attached hydrogens (primary N) is 1. The molecule has 1 aliphatic rings. The van der Waals surface area contributed by atoms with Crippen LogP contribution in [0.5, 0.6) is 5.75 Å². The fourth-order valence-corrected chi connectivity index (χ4v) is 2.25. The van der Waals surface area contributed by atoms with Crippen molar-refractivity contribution in [3.8, 4) is 5.75 Å². The molecule has 0 saturated heterocycles. The lowest BCUT2D eigenvalue weighted by Crippen LogP contribution is -2.29. The van der Waals surface area contributed by atoms with Crippen LogP contribution < -0.4 is 10.5 Å². The van der Waals surface area contributed by atoms with Crippen molar-refractivity contribution in [3.05, 3.63) is 42.0 Å². The second-order valence-electron chi connectivity index (χ2n) is 4.54. The van der Waals surface area contributed by atoms with Gasteiger partial charge in [-0.3, -0.25) is 0 Å². The molecule has 0 aromatic heterocycles. The van der Waals surface area contributed by atoms with Crippen LogP contribution in [0.3, 0.4) is 0 Å². The van der Waals surface area contributed by atoms with Gasteiger partial charge < -0.3 is 15.2 Å². The van der Waals surface area contributed by atoms with Gasteiger partial charge in [0.05, 0.1) is 0 Å². The fourth-order valence-electron chi connectivity index (χ4n) is 2.25. The number of ether oxygens (including phenoxy) is 2. The largest absolute Gasteiger partial charge is 0.468 e. The first kappa shape index (κ1) is 13.1. The number of rotatable bonds is 5. The van der Waals surface area contributed by atoms with E-state index in [2.05, 4.69) is 24.3 Å². The summed E-state index contributed by atoms with van der Waals surface area (Å²) in [6, 6.07) is 8.37. The van der Waals surface area contributed by atoms with Crippen molar-refractivity contribution in [3.63, 3.8) is 0 Å². The average Bonchev–Trinajstić information content (AvgIpc) is 2.40. The average molecular weight is 247 g/mol. The van der Waals surface area contributed by atoms with E-state index >= 15 is 0 Å². The van der Waals surface area contributed by atoms with Gasteiger partial charge >= 0.3 is 0 Å². The molecule has 0 heterocycles. The van der Waals surface area contributed by atoms with E-state index in [-0.39, 0.29) is 6.04 Å². The molecule has 1 aromatic rings. The second-order valence-corrected chi connectivity index (χ2v) is 4.54. The molecule has 2 rings (SSSR count). The third kappa shape index (κ3) is 3.34. The Balaban J connectivity index is 2.04. The van der Waals surface area contributed by atoms with Crippen LogP contribution in [0.1, 0.15) is 31.2 Å². The van der Waals surface area contributed by atoms with Gasteiger partial charge in [0.15, 0.2) is 6.79 Å². The highest BCUT2D eigenvalue weighted by atomic mass is 16.7. The zero-order valence-electron chi connectivity index (χ0n) is 10.8. The summed E-state index contributed by atoms with van der Waals surface area (Å²) in [5, 5.41) is 0. The molecular formula is C15H21NO2. The van der Waals surface area contributed by atoms with Gasteiger partial charge in [-0.1, -0.05) is 24.3 Å². The van der Waals surface area contributed by atoms with Crippen LogP contribution >= 0.6 is 0 Å². The first-order valence-corrected chi connectivity index (χ1v) is 6.52. The quantitative estimate of drug-likeness (QED) is 0.494. The van der Waals surface area contributed by atoms with Gasteiger partial charge in [-0.15, -0.1) is 0 Å². The molecule has 0 fully saturated rings. The molecule has 0 spiro atoms. The second kappa shape index (κ2) is 6.57. The van der Waals surface area contributed by atoms with Crippen LogP contribution in [0.2, 0.25) is 0 Å². The summed E-state index contributed by atoms with van der Waals surface area (Å²) in [4.78, 5) is 0. The summed E-state index contributed by atoms with van der Waals surface area (Å²) in [7, 11) is 0. The summed E-state index contributed by atoms with van der Waals surface area (Å²) in [6.07, 6.45) is 6.34. The number of allylic oxidation sites excluding steroid dienone is 1. The maximum Gasteiger partial charge on any atom is 0.189 e. The molecule has 2 atom stereocenters. The maximum atomic E-state index is 6.17. The maximum absolute atomic E-state index is 6.17. The molecule has 3 nitrogen and oxygen atoms in total. The van der Waals surface area contributed by atoms with Crippen LogP contribution in [0.4, 0.5) is 0 Å². The highest BCUT2D eigenvalue weighted by Gasteiger charge is 2.20. The molecular weight excluding hydrogens is 226 g/mol. The van der Waals surface area contributed by atoms with E-state index in [1.54, 1.807) is 0 Å². The molecule has 3 heteroatoms. The lowest BCUT2D eigenvalue weighted by molar-refractivity contribution is 0.0223. The van der Waals surface area contributed by atoms with Gasteiger partial charge in [-0.2, -0.15) is 0 Å². The minimum atomic E-state index is 0.206. The predicted molar refractivity (Wildman–Crippen MR) is 72.7 cm³/mol. The molecule has 1 aromatic carbocycles. The van der Waals surface area contributed by atoms with Crippen LogP contribution in [0, 0.1) is 0 Å². The van der Waals surface area contributed by atoms with Crippen molar-refractivity contribution in [1.82, 2.24) is 0 Å². The molecule has 0 amide bonds. The van der Waals surface area contributed by atoms with E-state index in [0.29, 0.717) is 19.3 Å². The lowest BCUT2D eigenvalue weighted by atomic mass is 9.84. The standard InChI is InChI=1S/C15H21NO2/c1-2-17-11-18-13-7-5-6-12(10-13)14-8-3-4-9-15(14)16/h3-7,10,14-15H,2,8-9,11,16H2,1H3. The predicted octanol–water partition coefficient (Wildman–Crippen LogP) is 2.82. The van der Waals surface area contributed by atoms with Gasteiger partial charge in [0.1, 0.15) is 5.75 Å². The van der Waals surface area contributed by atoms with E-state index in [4.69, 9.17) is 15.2 Å². The van der Waals surface area contributed by atoms with Crippen molar-refractivity contribution in [1.29, 1.82) is 0 Å². The minimum absolute atomic E-state index is 0.206. The topological polar surface area (TPSA) is 44.5 Å². The highest BCUT2D eigenvalue weighted by molar-refractivity contribution is 5.32. The number of hydrogen-bond donors (Lipinski definition) is 1. The van der Waals surface area contributed by atoms with E-state index in [1.807, 2.05) is 19.1 Å². The van der Waals surface area contributed by atoms with Crippen molar-refractivity contribution in [2.75, 3.05) is 13.4 Å². The summed E-state index contributed by atoms with van der Waals surface area (Å²) in [5.41, 5.74) is 7.42. The van der Waals surface area contributed by atoms with Crippen LogP contribution in [0.15, 0.2) is 36.4 Å². The molecule has 1 aliphatic carbocycles. The van der Waals surface area contributed by atoms with Crippen LogP contribution in [-0.4, -0.2) is 19.4 Å². The van der Waals surface area contributed by atoms with Crippen molar-refractivity contribution in [2.24, 2.45) is 5.73 Å². The molecule has 0 bridgehead atoms. The first-order valence-electron chi connectivity index (χ1n) is 6.52. The Morgan fingerprint density at radius 2 is 2.11 bits per heavy atom. The van der Waals surface area contributed by atoms with E-state index in [0.717, 1.165) is 18.6 Å². The van der Waals surface area contributed by atoms with Crippen molar-refractivity contribution < 1.29 is 9.47 Å². The zero-order valence-corrected chi connectivity index (χ0v) is 10.8. The van der Waals surface area contributed by atoms with Gasteiger partial charge in [-0.25, -0.2) is 0 Å². The number of hydrogen-bond acceptors (Lipinski definition) is 3. The van der Waals surface area contributed by atoms with Gasteiger partial charge in [0.25, 0.3) is 0 Å². The minimum Gasteiger partial charge on any atom is -0.468 e. The highest BCUT2D eigenvalue weighted by Crippen LogP contribution is 2.30. The lowest BCUT2D eigenvalue weighted by Gasteiger charge is -2.25. The zero-order chi connectivity index (χ0) is 12.8. The van der Waals surface area contributed by atoms with Crippen molar-refractivity contribution >= 4 is 0 Å². The molecule has 98 valence electrons. The van der Waals surface area contributed by atoms with Gasteiger partial charge in [-0.05, 0) is 37.5 Å². The Kier molecular flexibility index (Phi) is 4.79. The molecule has 18 heavy (non-hydrogen) atoms. The first-order chi connectivity index (χ1) is 8.81. The Morgan fingerprint density at radius 1 is 1.28 bits per heavy atom. The SMILES string of the molecule is CCOCOc1cccc(C2CC=CCC2N)c1. The smallest absolute Gasteiger partial charge is 0.189 e. The summed E-state index contributed by atoms with van der Waals surface area (Å²) in [6.45, 7) is 2.92. The molecule has 0 saturated carbocycles. The van der Waals surface area contributed by atoms with Gasteiger partial charge in [0.2, 0.25) is 0 Å². The Hall–Kier alpha value is -1.32. The van der Waals surface area contributed by atoms with Crippen LogP contribution in [0.25, 0.3) is 0 Å². The summed E-state index contributed by atoms with van der Waals surface area (Å²) < 4.78 is 10.7. The molecule has 2 unspecified atom stereocenters. The van der Waals surface area contributed by atoms with Crippen molar-refractivity contribution in [2.45, 2.75) is 31.7 Å². The van der Waals surface area contributed by atoms with E-state index in [1.165, 1.54) is 5.56 Å². The molecule has 0 radical (unpaired) electrons. The Morgan fingerprint density at radius 3 is 2.89 bits per heavy atom.